The van der Waals surface area contributed by atoms with Crippen LogP contribution in [0.1, 0.15) is 93.1 Å². The Hall–Kier alpha value is -2.67. The number of unbranched alkanes of at least 4 members (excludes halogenated alkanes) is 2. The molecule has 2 atom stereocenters. The first-order valence-corrected chi connectivity index (χ1v) is 14.9. The molecular formula is C34H47F3O4. The number of ether oxygens (including phenoxy) is 3. The summed E-state index contributed by atoms with van der Waals surface area (Å²) in [6.45, 7) is 17.1. The molecule has 0 aliphatic carbocycles. The summed E-state index contributed by atoms with van der Waals surface area (Å²) in [5.41, 5.74) is 1.22. The van der Waals surface area contributed by atoms with Gasteiger partial charge in [0.25, 0.3) is 0 Å². The molecule has 2 unspecified atom stereocenters. The fourth-order valence-electron chi connectivity index (χ4n) is 5.28. The van der Waals surface area contributed by atoms with E-state index in [0.29, 0.717) is 41.8 Å². The minimum absolute atomic E-state index is 0.129. The number of alkyl halides is 3. The van der Waals surface area contributed by atoms with Gasteiger partial charge in [-0.1, -0.05) is 53.5 Å². The maximum Gasteiger partial charge on any atom is 0.573 e. The van der Waals surface area contributed by atoms with Gasteiger partial charge in [0.1, 0.15) is 22.8 Å². The van der Waals surface area contributed by atoms with Crippen LogP contribution in [-0.4, -0.2) is 24.2 Å². The lowest BCUT2D eigenvalue weighted by atomic mass is 9.94. The summed E-state index contributed by atoms with van der Waals surface area (Å²) in [6, 6.07) is 12.2. The second kappa shape index (κ2) is 14.0. The monoisotopic (exact) mass is 576 g/mol. The second-order valence-electron chi connectivity index (χ2n) is 12.6. The summed E-state index contributed by atoms with van der Waals surface area (Å²) in [7, 11) is 0. The fourth-order valence-corrected chi connectivity index (χ4v) is 5.28. The molecule has 7 heteroatoms. The first kappa shape index (κ1) is 32.8. The Kier molecular flexibility index (Phi) is 11.2. The van der Waals surface area contributed by atoms with Crippen LogP contribution in [0.4, 0.5) is 13.2 Å². The minimum Gasteiger partial charge on any atom is -0.490 e. The van der Waals surface area contributed by atoms with Gasteiger partial charge in [-0.25, -0.2) is 0 Å². The second-order valence-corrected chi connectivity index (χ2v) is 12.6. The highest BCUT2D eigenvalue weighted by Gasteiger charge is 2.33. The van der Waals surface area contributed by atoms with Gasteiger partial charge >= 0.3 is 6.36 Å². The highest BCUT2D eigenvalue weighted by molar-refractivity contribution is 5.85. The number of aryl methyl sites for hydroxylation is 1. The first-order chi connectivity index (χ1) is 19.2. The zero-order valence-corrected chi connectivity index (χ0v) is 25.9. The van der Waals surface area contributed by atoms with Crippen LogP contribution in [0, 0.1) is 11.8 Å². The van der Waals surface area contributed by atoms with E-state index in [2.05, 4.69) is 53.2 Å². The zero-order chi connectivity index (χ0) is 30.4. The molecule has 3 aromatic rings. The van der Waals surface area contributed by atoms with Gasteiger partial charge in [-0.05, 0) is 87.8 Å². The Labute approximate surface area is 243 Å². The molecule has 228 valence electrons. The molecule has 0 N–H and O–H groups in total. The van der Waals surface area contributed by atoms with Crippen LogP contribution in [0.15, 0.2) is 46.9 Å². The lowest BCUT2D eigenvalue weighted by Crippen LogP contribution is -2.37. The van der Waals surface area contributed by atoms with Gasteiger partial charge in [0, 0.05) is 17.9 Å². The Bertz CT molecular complexity index is 1240. The number of furan rings is 1. The van der Waals surface area contributed by atoms with E-state index < -0.39 is 6.36 Å². The molecule has 0 saturated carbocycles. The van der Waals surface area contributed by atoms with Crippen LogP contribution in [0.25, 0.3) is 22.3 Å². The molecule has 0 aliphatic heterocycles. The van der Waals surface area contributed by atoms with Crippen LogP contribution in [0.3, 0.4) is 0 Å². The first-order valence-electron chi connectivity index (χ1n) is 14.9. The molecule has 0 bridgehead atoms. The van der Waals surface area contributed by atoms with Gasteiger partial charge in [-0.3, -0.25) is 0 Å². The number of hydrogen-bond acceptors (Lipinski definition) is 4. The van der Waals surface area contributed by atoms with Crippen molar-refractivity contribution in [3.05, 3.63) is 48.0 Å². The highest BCUT2D eigenvalue weighted by Crippen LogP contribution is 2.39. The van der Waals surface area contributed by atoms with Crippen LogP contribution >= 0.6 is 0 Å². The zero-order valence-electron chi connectivity index (χ0n) is 25.9. The summed E-state index contributed by atoms with van der Waals surface area (Å²) >= 11 is 0. The smallest absolute Gasteiger partial charge is 0.490 e. The van der Waals surface area contributed by atoms with Crippen molar-refractivity contribution >= 4 is 11.0 Å². The van der Waals surface area contributed by atoms with E-state index in [4.69, 9.17) is 13.9 Å². The van der Waals surface area contributed by atoms with Crippen molar-refractivity contribution in [2.24, 2.45) is 11.8 Å². The van der Waals surface area contributed by atoms with Gasteiger partial charge in [0.05, 0.1) is 23.4 Å². The van der Waals surface area contributed by atoms with Crippen molar-refractivity contribution < 1.29 is 31.8 Å². The maximum atomic E-state index is 13.3. The van der Waals surface area contributed by atoms with E-state index >= 15 is 0 Å². The molecule has 0 radical (unpaired) electrons. The molecule has 0 fully saturated rings. The standard InChI is InChI=1S/C34H47F3O4/c1-9-10-11-12-25-13-16-28(32(18-25)41-34(35,36)37)31-19-26-14-15-27(20-30(26)39-31)38-24(6)21-33(7,8)40-29(23(4)5)17-22(2)3/h13-16,18-20,22-24,29H,9-12,17,21H2,1-8H3. The minimum atomic E-state index is -4.80. The largest absolute Gasteiger partial charge is 0.573 e. The molecule has 2 aromatic carbocycles. The van der Waals surface area contributed by atoms with Gasteiger partial charge in [-0.15, -0.1) is 13.2 Å². The Morgan fingerprint density at radius 2 is 1.63 bits per heavy atom. The number of rotatable bonds is 15. The molecule has 0 amide bonds. The third kappa shape index (κ3) is 10.3. The molecular weight excluding hydrogens is 529 g/mol. The lowest BCUT2D eigenvalue weighted by Gasteiger charge is -2.35. The summed E-state index contributed by atoms with van der Waals surface area (Å²) in [4.78, 5) is 0. The molecule has 3 rings (SSSR count). The topological polar surface area (TPSA) is 40.8 Å². The van der Waals surface area contributed by atoms with Gasteiger partial charge in [-0.2, -0.15) is 0 Å². The van der Waals surface area contributed by atoms with Crippen molar-refractivity contribution in [2.75, 3.05) is 0 Å². The third-order valence-corrected chi connectivity index (χ3v) is 7.13. The van der Waals surface area contributed by atoms with Crippen molar-refractivity contribution in [1.29, 1.82) is 0 Å². The molecule has 1 heterocycles. The van der Waals surface area contributed by atoms with Crippen LogP contribution in [0.2, 0.25) is 0 Å². The molecule has 4 nitrogen and oxygen atoms in total. The average molecular weight is 577 g/mol. The Morgan fingerprint density at radius 3 is 2.27 bits per heavy atom. The van der Waals surface area contributed by atoms with Gasteiger partial charge in [0.2, 0.25) is 0 Å². The summed E-state index contributed by atoms with van der Waals surface area (Å²) < 4.78 is 63.0. The quantitative estimate of drug-likeness (QED) is 0.169. The number of fused-ring (bicyclic) bond motifs is 1. The normalized spacial score (nSPS) is 14.2. The Balaban J connectivity index is 1.77. The Morgan fingerprint density at radius 1 is 0.902 bits per heavy atom. The molecule has 0 aliphatic rings. The van der Waals surface area contributed by atoms with E-state index in [0.717, 1.165) is 36.6 Å². The summed E-state index contributed by atoms with van der Waals surface area (Å²) in [5, 5.41) is 0.766. The van der Waals surface area contributed by atoms with E-state index in [1.165, 1.54) is 6.07 Å². The van der Waals surface area contributed by atoms with Crippen molar-refractivity contribution in [1.82, 2.24) is 0 Å². The van der Waals surface area contributed by atoms with Crippen LogP contribution in [0.5, 0.6) is 11.5 Å². The molecule has 0 spiro atoms. The van der Waals surface area contributed by atoms with E-state index in [9.17, 15) is 13.2 Å². The average Bonchev–Trinajstić information content (AvgIpc) is 3.25. The van der Waals surface area contributed by atoms with Crippen LogP contribution < -0.4 is 9.47 Å². The number of hydrogen-bond donors (Lipinski definition) is 0. The predicted octanol–water partition coefficient (Wildman–Crippen LogP) is 10.8. The maximum absolute atomic E-state index is 13.3. The van der Waals surface area contributed by atoms with E-state index in [-0.39, 0.29) is 29.1 Å². The lowest BCUT2D eigenvalue weighted by molar-refractivity contribution is -0.274. The highest BCUT2D eigenvalue weighted by atomic mass is 19.4. The number of benzene rings is 2. The SMILES string of the molecule is CCCCCc1ccc(-c2cc3ccc(OC(C)CC(C)(C)OC(CC(C)C)C(C)C)cc3o2)c(OC(F)(F)F)c1. The van der Waals surface area contributed by atoms with Gasteiger partial charge < -0.3 is 18.6 Å². The third-order valence-electron chi connectivity index (χ3n) is 7.13. The van der Waals surface area contributed by atoms with Crippen LogP contribution in [-0.2, 0) is 11.2 Å². The summed E-state index contributed by atoms with van der Waals surface area (Å²) in [5.74, 6) is 1.65. The molecule has 41 heavy (non-hydrogen) atoms. The van der Waals surface area contributed by atoms with Crippen molar-refractivity contribution in [3.8, 4) is 22.8 Å². The van der Waals surface area contributed by atoms with Crippen molar-refractivity contribution in [2.45, 2.75) is 118 Å². The molecule has 1 aromatic heterocycles. The predicted molar refractivity (Wildman–Crippen MR) is 160 cm³/mol. The van der Waals surface area contributed by atoms with Crippen molar-refractivity contribution in [3.63, 3.8) is 0 Å². The fraction of sp³-hybridized carbons (Fsp3) is 0.588. The molecule has 0 saturated heterocycles. The van der Waals surface area contributed by atoms with Gasteiger partial charge in [0.15, 0.2) is 0 Å². The van der Waals surface area contributed by atoms with E-state index in [1.54, 1.807) is 18.2 Å². The summed E-state index contributed by atoms with van der Waals surface area (Å²) in [6.07, 6.45) is 0.597. The van der Waals surface area contributed by atoms with E-state index in [1.807, 2.05) is 25.1 Å². The number of halogens is 3.